The zero-order valence-electron chi connectivity index (χ0n) is 15.8. The average molecular weight is 474 g/mol. The molecule has 2 heterocycles. The Kier molecular flexibility index (Phi) is 5.25. The first kappa shape index (κ1) is 19.4. The molecule has 2 aromatic carbocycles. The quantitative estimate of drug-likeness (QED) is 0.443. The van der Waals surface area contributed by atoms with Gasteiger partial charge in [-0.3, -0.25) is 4.79 Å². The van der Waals surface area contributed by atoms with Crippen LogP contribution in [-0.4, -0.2) is 35.9 Å². The molecule has 148 valence electrons. The lowest BCUT2D eigenvalue weighted by Crippen LogP contribution is -2.23. The predicted molar refractivity (Wildman–Crippen MR) is 115 cm³/mol. The van der Waals surface area contributed by atoms with Crippen LogP contribution in [0.1, 0.15) is 5.56 Å². The summed E-state index contributed by atoms with van der Waals surface area (Å²) in [6.45, 7) is 0. The summed E-state index contributed by atoms with van der Waals surface area (Å²) in [7, 11) is 4.61. The lowest BCUT2D eigenvalue weighted by molar-refractivity contribution is 0.324. The highest BCUT2D eigenvalue weighted by atomic mass is 79.9. The van der Waals surface area contributed by atoms with E-state index in [-0.39, 0.29) is 5.56 Å². The van der Waals surface area contributed by atoms with E-state index in [0.717, 1.165) is 10.0 Å². The highest BCUT2D eigenvalue weighted by molar-refractivity contribution is 9.10. The smallest absolute Gasteiger partial charge is 0.276 e. The second kappa shape index (κ2) is 7.84. The van der Waals surface area contributed by atoms with Crippen molar-refractivity contribution >= 4 is 38.3 Å². The molecule has 7 nitrogen and oxygen atoms in total. The summed E-state index contributed by atoms with van der Waals surface area (Å²) < 4.78 is 19.2. The number of halogens is 1. The van der Waals surface area contributed by atoms with Crippen LogP contribution in [0.25, 0.3) is 22.4 Å². The zero-order chi connectivity index (χ0) is 20.5. The number of fused-ring (bicyclic) bond motifs is 1. The molecule has 2 aromatic heterocycles. The van der Waals surface area contributed by atoms with Gasteiger partial charge in [-0.05, 0) is 35.9 Å². The van der Waals surface area contributed by atoms with Gasteiger partial charge in [0.25, 0.3) is 5.56 Å². The van der Waals surface area contributed by atoms with Crippen LogP contribution in [0.4, 0.5) is 0 Å². The van der Waals surface area contributed by atoms with Crippen LogP contribution < -0.4 is 24.3 Å². The number of hydrogen-bond donors (Lipinski definition) is 0. The number of rotatable bonds is 5. The molecule has 0 saturated heterocycles. The molecule has 0 radical (unpaired) electrons. The second-order valence-corrected chi connectivity index (χ2v) is 7.95. The molecule has 0 N–H and O–H groups in total. The Morgan fingerprint density at radius 3 is 2.24 bits per heavy atom. The molecule has 29 heavy (non-hydrogen) atoms. The zero-order valence-corrected chi connectivity index (χ0v) is 18.2. The van der Waals surface area contributed by atoms with Gasteiger partial charge in [0.15, 0.2) is 17.3 Å². The topological polar surface area (TPSA) is 75.0 Å². The van der Waals surface area contributed by atoms with Gasteiger partial charge in [0.1, 0.15) is 0 Å². The molecule has 4 rings (SSSR count). The molecule has 4 aromatic rings. The van der Waals surface area contributed by atoms with Crippen molar-refractivity contribution in [3.8, 4) is 28.6 Å². The van der Waals surface area contributed by atoms with Crippen molar-refractivity contribution in [3.63, 3.8) is 0 Å². The highest BCUT2D eigenvalue weighted by Crippen LogP contribution is 2.40. The third kappa shape index (κ3) is 3.47. The summed E-state index contributed by atoms with van der Waals surface area (Å²) in [4.78, 5) is 13.6. The van der Waals surface area contributed by atoms with E-state index < -0.39 is 0 Å². The van der Waals surface area contributed by atoms with Gasteiger partial charge in [0.2, 0.25) is 10.7 Å². The van der Waals surface area contributed by atoms with Crippen molar-refractivity contribution in [2.75, 3.05) is 21.3 Å². The van der Waals surface area contributed by atoms with Gasteiger partial charge in [-0.15, -0.1) is 10.2 Å². The first-order chi connectivity index (χ1) is 14.0. The first-order valence-corrected chi connectivity index (χ1v) is 10.1. The van der Waals surface area contributed by atoms with Crippen LogP contribution >= 0.6 is 27.3 Å². The molecule has 0 spiro atoms. The Hall–Kier alpha value is -2.91. The highest BCUT2D eigenvalue weighted by Gasteiger charge is 2.19. The van der Waals surface area contributed by atoms with Crippen LogP contribution in [0.15, 0.2) is 45.7 Å². The standard InChI is InChI=1S/C20H16BrN3O4S/c1-26-14-9-12(10-15(27-2)17(14)28-3)18-22-23-20-24(18)19(25)16(29-20)8-11-4-6-13(21)7-5-11/h4-10H,1-3H3. The first-order valence-electron chi connectivity index (χ1n) is 8.51. The molecule has 0 saturated carbocycles. The average Bonchev–Trinajstić information content (AvgIpc) is 3.29. The van der Waals surface area contributed by atoms with Gasteiger partial charge >= 0.3 is 0 Å². The second-order valence-electron chi connectivity index (χ2n) is 6.02. The van der Waals surface area contributed by atoms with Crippen molar-refractivity contribution < 1.29 is 14.2 Å². The summed E-state index contributed by atoms with van der Waals surface area (Å²) in [5, 5.41) is 8.38. The number of nitrogens with zero attached hydrogens (tertiary/aromatic N) is 3. The molecule has 0 bridgehead atoms. The molecule has 0 fully saturated rings. The van der Waals surface area contributed by atoms with Crippen molar-refractivity contribution in [3.05, 3.63) is 61.3 Å². The Bertz CT molecular complexity index is 1270. The lowest BCUT2D eigenvalue weighted by Gasteiger charge is -2.13. The van der Waals surface area contributed by atoms with E-state index >= 15 is 0 Å². The maximum Gasteiger partial charge on any atom is 0.276 e. The van der Waals surface area contributed by atoms with Gasteiger partial charge in [-0.1, -0.05) is 39.4 Å². The van der Waals surface area contributed by atoms with Crippen LogP contribution in [0.3, 0.4) is 0 Å². The number of ether oxygens (including phenoxy) is 3. The van der Waals surface area contributed by atoms with Gasteiger partial charge in [-0.2, -0.15) is 0 Å². The molecule has 0 aliphatic rings. The van der Waals surface area contributed by atoms with Gasteiger partial charge in [0, 0.05) is 10.0 Å². The maximum atomic E-state index is 13.1. The Balaban J connectivity index is 1.90. The number of benzene rings is 2. The fourth-order valence-electron chi connectivity index (χ4n) is 2.97. The molecule has 9 heteroatoms. The Morgan fingerprint density at radius 2 is 1.66 bits per heavy atom. The van der Waals surface area contributed by atoms with E-state index in [1.807, 2.05) is 30.3 Å². The van der Waals surface area contributed by atoms with Crippen LogP contribution in [0.5, 0.6) is 17.2 Å². The molecule has 0 atom stereocenters. The normalized spacial score (nSPS) is 11.8. The molecule has 0 aliphatic carbocycles. The maximum absolute atomic E-state index is 13.1. The molecule has 0 aliphatic heterocycles. The fourth-order valence-corrected chi connectivity index (χ4v) is 4.15. The van der Waals surface area contributed by atoms with Crippen LogP contribution in [0, 0.1) is 0 Å². The van der Waals surface area contributed by atoms with Gasteiger partial charge < -0.3 is 14.2 Å². The minimum Gasteiger partial charge on any atom is -0.493 e. The minimum absolute atomic E-state index is 0.179. The predicted octanol–water partition coefficient (Wildman–Crippen LogP) is 3.15. The van der Waals surface area contributed by atoms with Crippen molar-refractivity contribution in [1.82, 2.24) is 14.6 Å². The van der Waals surface area contributed by atoms with Crippen molar-refractivity contribution in [2.45, 2.75) is 0 Å². The number of methoxy groups -OCH3 is 3. The summed E-state index contributed by atoms with van der Waals surface area (Å²) in [5.74, 6) is 1.83. The van der Waals surface area contributed by atoms with Crippen molar-refractivity contribution in [1.29, 1.82) is 0 Å². The molecule has 0 unspecified atom stereocenters. The summed E-state index contributed by atoms with van der Waals surface area (Å²) in [6, 6.07) is 11.2. The van der Waals surface area contributed by atoms with E-state index in [2.05, 4.69) is 26.1 Å². The molecule has 0 amide bonds. The van der Waals surface area contributed by atoms with Crippen LogP contribution in [0.2, 0.25) is 0 Å². The Labute approximate surface area is 178 Å². The monoisotopic (exact) mass is 473 g/mol. The fraction of sp³-hybridized carbons (Fsp3) is 0.150. The van der Waals surface area contributed by atoms with E-state index in [0.29, 0.717) is 38.1 Å². The summed E-state index contributed by atoms with van der Waals surface area (Å²) in [6.07, 6.45) is 1.84. The largest absolute Gasteiger partial charge is 0.493 e. The van der Waals surface area contributed by atoms with E-state index in [1.54, 1.807) is 12.1 Å². The van der Waals surface area contributed by atoms with Gasteiger partial charge in [0.05, 0.1) is 25.9 Å². The van der Waals surface area contributed by atoms with Crippen molar-refractivity contribution in [2.24, 2.45) is 0 Å². The molecular weight excluding hydrogens is 458 g/mol. The number of hydrogen-bond acceptors (Lipinski definition) is 7. The van der Waals surface area contributed by atoms with E-state index in [1.165, 1.54) is 37.1 Å². The van der Waals surface area contributed by atoms with Gasteiger partial charge in [-0.25, -0.2) is 4.40 Å². The Morgan fingerprint density at radius 1 is 1.00 bits per heavy atom. The summed E-state index contributed by atoms with van der Waals surface area (Å²) >= 11 is 4.70. The number of thiazole rings is 1. The van der Waals surface area contributed by atoms with Crippen LogP contribution in [-0.2, 0) is 0 Å². The molecular formula is C20H16BrN3O4S. The lowest BCUT2D eigenvalue weighted by atomic mass is 10.1. The van der Waals surface area contributed by atoms with E-state index in [9.17, 15) is 4.79 Å². The minimum atomic E-state index is -0.179. The SMILES string of the molecule is COc1cc(-c2nnc3sc(=Cc4ccc(Br)cc4)c(=O)n23)cc(OC)c1OC. The third-order valence-electron chi connectivity index (χ3n) is 4.34. The number of aromatic nitrogens is 3. The van der Waals surface area contributed by atoms with E-state index in [4.69, 9.17) is 14.2 Å². The summed E-state index contributed by atoms with van der Waals surface area (Å²) in [5.41, 5.74) is 1.39. The third-order valence-corrected chi connectivity index (χ3v) is 5.83.